The molecule has 3 aromatic carbocycles. The summed E-state index contributed by atoms with van der Waals surface area (Å²) in [6.07, 6.45) is -1.07. The molecular weight excluding hydrogens is 404 g/mol. The Balaban J connectivity index is 1.49. The number of carbonyl (C=O) groups is 1. The van der Waals surface area contributed by atoms with E-state index in [9.17, 15) is 9.90 Å². The second-order valence-electron chi connectivity index (χ2n) is 7.69. The predicted molar refractivity (Wildman–Crippen MR) is 123 cm³/mol. The molecule has 164 valence electrons. The van der Waals surface area contributed by atoms with Crippen LogP contribution in [0.1, 0.15) is 36.1 Å². The molecule has 0 aliphatic carbocycles. The van der Waals surface area contributed by atoms with Crippen LogP contribution >= 0.6 is 0 Å². The molecule has 2 atom stereocenters. The summed E-state index contributed by atoms with van der Waals surface area (Å²) >= 11 is 0. The van der Waals surface area contributed by atoms with Crippen molar-refractivity contribution >= 4 is 16.8 Å². The number of hydrogen-bond donors (Lipinski definition) is 1. The zero-order chi connectivity index (χ0) is 22.5. The topological polar surface area (TPSA) is 73.6 Å². The van der Waals surface area contributed by atoms with Crippen molar-refractivity contribution in [2.75, 3.05) is 6.61 Å². The third-order valence-electron chi connectivity index (χ3n) is 5.20. The van der Waals surface area contributed by atoms with E-state index in [1.807, 2.05) is 66.1 Å². The first-order valence-corrected chi connectivity index (χ1v) is 10.6. The largest absolute Gasteiger partial charge is 0.491 e. The van der Waals surface area contributed by atoms with Crippen molar-refractivity contribution in [2.45, 2.75) is 32.6 Å². The number of ether oxygens (including phenoxy) is 2. The molecule has 0 aliphatic heterocycles. The zero-order valence-corrected chi connectivity index (χ0v) is 18.1. The van der Waals surface area contributed by atoms with Crippen molar-refractivity contribution in [3.05, 3.63) is 90.3 Å². The zero-order valence-electron chi connectivity index (χ0n) is 18.1. The van der Waals surface area contributed by atoms with Crippen LogP contribution in [0.4, 0.5) is 0 Å². The molecule has 1 heterocycles. The van der Waals surface area contributed by atoms with Crippen LogP contribution < -0.4 is 9.47 Å². The van der Waals surface area contributed by atoms with Crippen molar-refractivity contribution in [3.63, 3.8) is 0 Å². The van der Waals surface area contributed by atoms with E-state index in [2.05, 4.69) is 0 Å². The molecule has 1 N–H and O–H groups in total. The fraction of sp³-hybridized carbons (Fsp3) is 0.231. The van der Waals surface area contributed by atoms with Gasteiger partial charge in [0.25, 0.3) is 0 Å². The number of Topliss-reactive ketones (excluding diaryl/α,β-unsaturated/α-hetero) is 1. The molecule has 0 unspecified atom stereocenters. The Bertz CT molecular complexity index is 1190. The number of rotatable bonds is 9. The summed E-state index contributed by atoms with van der Waals surface area (Å²) in [4.78, 5) is 16.2. The van der Waals surface area contributed by atoms with Crippen molar-refractivity contribution in [3.8, 4) is 11.5 Å². The fourth-order valence-electron chi connectivity index (χ4n) is 3.59. The van der Waals surface area contributed by atoms with E-state index in [0.29, 0.717) is 17.9 Å². The molecule has 1 aromatic heterocycles. The van der Waals surface area contributed by atoms with Gasteiger partial charge in [-0.2, -0.15) is 0 Å². The maximum absolute atomic E-state index is 11.4. The van der Waals surface area contributed by atoms with Crippen molar-refractivity contribution < 1.29 is 19.4 Å². The molecule has 6 nitrogen and oxygen atoms in total. The highest BCUT2D eigenvalue weighted by molar-refractivity contribution is 5.94. The van der Waals surface area contributed by atoms with Gasteiger partial charge in [-0.25, -0.2) is 4.98 Å². The summed E-state index contributed by atoms with van der Waals surface area (Å²) in [6.45, 7) is 3.89. The van der Waals surface area contributed by atoms with Gasteiger partial charge in [-0.3, -0.25) is 4.79 Å². The van der Waals surface area contributed by atoms with E-state index in [1.54, 1.807) is 24.3 Å². The van der Waals surface area contributed by atoms with Gasteiger partial charge in [-0.1, -0.05) is 30.3 Å². The molecule has 32 heavy (non-hydrogen) atoms. The molecule has 4 aromatic rings. The lowest BCUT2D eigenvalue weighted by Crippen LogP contribution is -2.25. The maximum atomic E-state index is 11.4. The third kappa shape index (κ3) is 4.98. The molecule has 0 radical (unpaired) electrons. The number of carbonyl (C=O) groups excluding carboxylic acids is 1. The molecule has 6 heteroatoms. The Hall–Kier alpha value is -3.64. The van der Waals surface area contributed by atoms with Crippen molar-refractivity contribution in [1.29, 1.82) is 0 Å². The summed E-state index contributed by atoms with van der Waals surface area (Å²) in [5, 5.41) is 10.7. The van der Waals surface area contributed by atoms with Crippen LogP contribution in [-0.4, -0.2) is 33.2 Å². The lowest BCUT2D eigenvalue weighted by Gasteiger charge is -2.19. The van der Waals surface area contributed by atoms with E-state index in [-0.39, 0.29) is 18.5 Å². The number of aliphatic hydroxyl groups excluding tert-OH is 1. The Morgan fingerprint density at radius 1 is 0.969 bits per heavy atom. The highest BCUT2D eigenvalue weighted by Gasteiger charge is 2.20. The second-order valence-corrected chi connectivity index (χ2v) is 7.69. The lowest BCUT2D eigenvalue weighted by molar-refractivity contribution is 0.0903. The number of benzene rings is 3. The minimum absolute atomic E-state index is 0.00272. The maximum Gasteiger partial charge on any atom is 0.159 e. The molecule has 0 spiro atoms. The van der Waals surface area contributed by atoms with Gasteiger partial charge in [0.05, 0.1) is 17.6 Å². The minimum atomic E-state index is -0.761. The Kier molecular flexibility index (Phi) is 6.52. The summed E-state index contributed by atoms with van der Waals surface area (Å²) < 4.78 is 13.8. The average molecular weight is 431 g/mol. The van der Waals surface area contributed by atoms with Crippen LogP contribution in [0.25, 0.3) is 11.0 Å². The third-order valence-corrected chi connectivity index (χ3v) is 5.20. The van der Waals surface area contributed by atoms with Crippen LogP contribution in [0.15, 0.2) is 78.9 Å². The van der Waals surface area contributed by atoms with Crippen LogP contribution in [0, 0.1) is 0 Å². The van der Waals surface area contributed by atoms with Gasteiger partial charge in [0.1, 0.15) is 24.2 Å². The van der Waals surface area contributed by atoms with E-state index in [1.165, 1.54) is 6.92 Å². The monoisotopic (exact) mass is 430 g/mol. The van der Waals surface area contributed by atoms with Gasteiger partial charge in [0.2, 0.25) is 0 Å². The van der Waals surface area contributed by atoms with Crippen LogP contribution in [0.5, 0.6) is 11.5 Å². The smallest absolute Gasteiger partial charge is 0.159 e. The number of ketones is 1. The number of aromatic nitrogens is 2. The van der Waals surface area contributed by atoms with Crippen LogP contribution in [0.3, 0.4) is 0 Å². The van der Waals surface area contributed by atoms with Crippen LogP contribution in [0.2, 0.25) is 0 Å². The van der Waals surface area contributed by atoms with E-state index in [0.717, 1.165) is 22.6 Å². The Labute approximate surface area is 187 Å². The van der Waals surface area contributed by atoms with Gasteiger partial charge in [-0.15, -0.1) is 0 Å². The highest BCUT2D eigenvalue weighted by Crippen LogP contribution is 2.25. The summed E-state index contributed by atoms with van der Waals surface area (Å²) in [5.74, 6) is 2.10. The predicted octanol–water partition coefficient (Wildman–Crippen LogP) is 4.82. The second kappa shape index (κ2) is 9.66. The van der Waals surface area contributed by atoms with Crippen molar-refractivity contribution in [1.82, 2.24) is 9.55 Å². The lowest BCUT2D eigenvalue weighted by atomic mass is 10.1. The van der Waals surface area contributed by atoms with Gasteiger partial charge < -0.3 is 19.1 Å². The van der Waals surface area contributed by atoms with Gasteiger partial charge in [0.15, 0.2) is 17.7 Å². The van der Waals surface area contributed by atoms with Gasteiger partial charge >= 0.3 is 0 Å². The summed E-state index contributed by atoms with van der Waals surface area (Å²) in [7, 11) is 0. The van der Waals surface area contributed by atoms with Crippen molar-refractivity contribution in [2.24, 2.45) is 0 Å². The molecule has 0 bridgehead atoms. The number of hydrogen-bond acceptors (Lipinski definition) is 5. The number of imidazole rings is 1. The Morgan fingerprint density at radius 3 is 2.38 bits per heavy atom. The number of para-hydroxylation sites is 3. The molecule has 0 saturated heterocycles. The number of aliphatic hydroxyl groups is 1. The quantitative estimate of drug-likeness (QED) is 0.386. The van der Waals surface area contributed by atoms with Crippen LogP contribution in [-0.2, 0) is 6.54 Å². The first-order chi connectivity index (χ1) is 15.5. The molecular formula is C26H26N2O4. The first kappa shape index (κ1) is 21.6. The van der Waals surface area contributed by atoms with Gasteiger partial charge in [0, 0.05) is 5.56 Å². The van der Waals surface area contributed by atoms with Gasteiger partial charge in [-0.05, 0) is 62.4 Å². The molecule has 0 aliphatic rings. The van der Waals surface area contributed by atoms with E-state index in [4.69, 9.17) is 14.5 Å². The molecule has 0 fully saturated rings. The molecule has 0 saturated carbocycles. The number of fused-ring (bicyclic) bond motifs is 1. The molecule has 4 rings (SSSR count). The summed E-state index contributed by atoms with van der Waals surface area (Å²) in [5.41, 5.74) is 2.40. The standard InChI is InChI=1S/C26H26N2O4/c1-18(29)20-12-14-22(15-13-20)31-17-21(30)16-28-25-11-7-6-10-24(25)27-26(28)19(2)32-23-8-4-3-5-9-23/h3-15,19,21,30H,16-17H2,1-2H3/t19-,21-/m1/s1. The van der Waals surface area contributed by atoms with E-state index >= 15 is 0 Å². The number of nitrogens with zero attached hydrogens (tertiary/aromatic N) is 2. The minimum Gasteiger partial charge on any atom is -0.491 e. The Morgan fingerprint density at radius 2 is 1.66 bits per heavy atom. The fourth-order valence-corrected chi connectivity index (χ4v) is 3.59. The summed E-state index contributed by atoms with van der Waals surface area (Å²) in [6, 6.07) is 24.3. The molecule has 0 amide bonds. The van der Waals surface area contributed by atoms with E-state index < -0.39 is 6.10 Å². The normalized spacial score (nSPS) is 13.0. The SMILES string of the molecule is CC(=O)c1ccc(OC[C@H](O)Cn2c([C@@H](C)Oc3ccccc3)nc3ccccc32)cc1. The highest BCUT2D eigenvalue weighted by atomic mass is 16.5. The first-order valence-electron chi connectivity index (χ1n) is 10.6. The average Bonchev–Trinajstić information content (AvgIpc) is 3.17.